The number of pyridine rings is 1. The fourth-order valence-corrected chi connectivity index (χ4v) is 3.24. The van der Waals surface area contributed by atoms with Crippen molar-refractivity contribution in [2.24, 2.45) is 10.9 Å². The van der Waals surface area contributed by atoms with E-state index in [0.717, 1.165) is 41.3 Å². The minimum Gasteiger partial charge on any atom is -0.477 e. The van der Waals surface area contributed by atoms with Gasteiger partial charge in [0.05, 0.1) is 25.4 Å². The summed E-state index contributed by atoms with van der Waals surface area (Å²) < 4.78 is 5.67. The number of nitrogens with zero attached hydrogens (tertiary/aromatic N) is 3. The standard InChI is InChI=1S/C19H27N5OS.HI/c1-4-20-19(23-11-18-24-13(2)14(3)26-18)22-10-16-7-8-17(21-9-16)25-12-15-5-6-15;/h7-9,15H,4-6,10-12H2,1-3H3,(H2,20,22,23);1H. The number of hydrogen-bond donors (Lipinski definition) is 2. The first-order valence-corrected chi connectivity index (χ1v) is 9.98. The van der Waals surface area contributed by atoms with Gasteiger partial charge in [-0.15, -0.1) is 35.3 Å². The summed E-state index contributed by atoms with van der Waals surface area (Å²) in [5.41, 5.74) is 2.16. The lowest BCUT2D eigenvalue weighted by Crippen LogP contribution is -2.36. The van der Waals surface area contributed by atoms with E-state index in [0.29, 0.717) is 19.0 Å². The van der Waals surface area contributed by atoms with Gasteiger partial charge >= 0.3 is 0 Å². The Bertz CT molecular complexity index is 724. The lowest BCUT2D eigenvalue weighted by Gasteiger charge is -2.10. The van der Waals surface area contributed by atoms with Crippen LogP contribution in [0, 0.1) is 19.8 Å². The first kappa shape index (κ1) is 21.9. The second-order valence-corrected chi connectivity index (χ2v) is 7.84. The van der Waals surface area contributed by atoms with Crippen LogP contribution in [0.3, 0.4) is 0 Å². The molecule has 148 valence electrons. The van der Waals surface area contributed by atoms with Crippen LogP contribution in [-0.2, 0) is 13.1 Å². The van der Waals surface area contributed by atoms with Gasteiger partial charge in [0.2, 0.25) is 5.88 Å². The van der Waals surface area contributed by atoms with Crippen molar-refractivity contribution >= 4 is 41.3 Å². The number of aromatic nitrogens is 2. The van der Waals surface area contributed by atoms with Crippen molar-refractivity contribution in [1.29, 1.82) is 0 Å². The van der Waals surface area contributed by atoms with E-state index in [1.165, 1.54) is 17.7 Å². The second kappa shape index (κ2) is 10.8. The van der Waals surface area contributed by atoms with Crippen molar-refractivity contribution in [1.82, 2.24) is 20.6 Å². The highest BCUT2D eigenvalue weighted by Gasteiger charge is 2.22. The number of ether oxygens (including phenoxy) is 1. The molecule has 0 saturated heterocycles. The van der Waals surface area contributed by atoms with Gasteiger partial charge in [0.25, 0.3) is 0 Å². The molecule has 2 aromatic heterocycles. The van der Waals surface area contributed by atoms with Crippen molar-refractivity contribution in [2.75, 3.05) is 13.2 Å². The summed E-state index contributed by atoms with van der Waals surface area (Å²) in [6.45, 7) is 9.05. The van der Waals surface area contributed by atoms with Crippen LogP contribution in [0.2, 0.25) is 0 Å². The molecule has 0 aromatic carbocycles. The zero-order valence-electron chi connectivity index (χ0n) is 16.1. The molecule has 0 radical (unpaired) electrons. The minimum atomic E-state index is 0. The highest BCUT2D eigenvalue weighted by atomic mass is 127. The number of rotatable bonds is 8. The van der Waals surface area contributed by atoms with E-state index in [4.69, 9.17) is 4.74 Å². The van der Waals surface area contributed by atoms with E-state index >= 15 is 0 Å². The summed E-state index contributed by atoms with van der Waals surface area (Å²) in [7, 11) is 0. The van der Waals surface area contributed by atoms with Gasteiger partial charge in [0.1, 0.15) is 5.01 Å². The molecule has 1 saturated carbocycles. The summed E-state index contributed by atoms with van der Waals surface area (Å²) in [4.78, 5) is 14.8. The number of nitrogens with one attached hydrogen (secondary N) is 2. The molecule has 1 fully saturated rings. The summed E-state index contributed by atoms with van der Waals surface area (Å²) in [6.07, 6.45) is 4.41. The quantitative estimate of drug-likeness (QED) is 0.327. The zero-order valence-corrected chi connectivity index (χ0v) is 19.3. The van der Waals surface area contributed by atoms with Crippen LogP contribution < -0.4 is 15.4 Å². The third-order valence-corrected chi connectivity index (χ3v) is 5.28. The van der Waals surface area contributed by atoms with Crippen LogP contribution in [0.25, 0.3) is 0 Å². The molecule has 2 heterocycles. The maximum Gasteiger partial charge on any atom is 0.213 e. The van der Waals surface area contributed by atoms with Gasteiger partial charge in [-0.2, -0.15) is 0 Å². The number of halogens is 1. The molecule has 0 spiro atoms. The van der Waals surface area contributed by atoms with Gasteiger partial charge in [0.15, 0.2) is 5.96 Å². The summed E-state index contributed by atoms with van der Waals surface area (Å²) in [5.74, 6) is 2.22. The Morgan fingerprint density at radius 1 is 1.30 bits per heavy atom. The van der Waals surface area contributed by atoms with E-state index in [2.05, 4.69) is 39.4 Å². The third kappa shape index (κ3) is 7.25. The number of aryl methyl sites for hydroxylation is 2. The molecule has 2 N–H and O–H groups in total. The summed E-state index contributed by atoms with van der Waals surface area (Å²) in [6, 6.07) is 3.95. The van der Waals surface area contributed by atoms with E-state index in [1.54, 1.807) is 11.3 Å². The Hall–Kier alpha value is -1.42. The van der Waals surface area contributed by atoms with Crippen molar-refractivity contribution in [3.63, 3.8) is 0 Å². The first-order chi connectivity index (χ1) is 12.6. The number of guanidine groups is 1. The van der Waals surface area contributed by atoms with Crippen LogP contribution in [-0.4, -0.2) is 29.1 Å². The van der Waals surface area contributed by atoms with Gasteiger partial charge in [0, 0.05) is 23.7 Å². The Morgan fingerprint density at radius 3 is 2.70 bits per heavy atom. The minimum absolute atomic E-state index is 0. The van der Waals surface area contributed by atoms with E-state index in [9.17, 15) is 0 Å². The zero-order chi connectivity index (χ0) is 18.4. The van der Waals surface area contributed by atoms with Gasteiger partial charge in [-0.25, -0.2) is 15.0 Å². The smallest absolute Gasteiger partial charge is 0.213 e. The van der Waals surface area contributed by atoms with Crippen LogP contribution in [0.1, 0.15) is 40.9 Å². The maximum atomic E-state index is 5.67. The average molecular weight is 501 g/mol. The Kier molecular flexibility index (Phi) is 8.75. The van der Waals surface area contributed by atoms with Crippen molar-refractivity contribution in [3.8, 4) is 5.88 Å². The molecule has 6 nitrogen and oxygen atoms in total. The molecular formula is C19H28IN5OS. The molecule has 27 heavy (non-hydrogen) atoms. The van der Waals surface area contributed by atoms with Crippen LogP contribution in [0.15, 0.2) is 23.3 Å². The Balaban J connectivity index is 0.00000261. The Labute approximate surface area is 182 Å². The summed E-state index contributed by atoms with van der Waals surface area (Å²) >= 11 is 1.72. The third-order valence-electron chi connectivity index (χ3n) is 4.21. The van der Waals surface area contributed by atoms with Gasteiger partial charge in [-0.05, 0) is 45.1 Å². The molecule has 1 aliphatic rings. The SMILES string of the molecule is CCNC(=NCc1ccc(OCC2CC2)nc1)NCc1nc(C)c(C)s1.I. The molecule has 0 bridgehead atoms. The van der Waals surface area contributed by atoms with Crippen LogP contribution in [0.4, 0.5) is 0 Å². The fourth-order valence-electron chi connectivity index (χ4n) is 2.36. The molecule has 3 rings (SSSR count). The highest BCUT2D eigenvalue weighted by molar-refractivity contribution is 14.0. The molecule has 8 heteroatoms. The second-order valence-electron chi connectivity index (χ2n) is 6.56. The van der Waals surface area contributed by atoms with Crippen molar-refractivity contribution in [2.45, 2.75) is 46.7 Å². The van der Waals surface area contributed by atoms with Gasteiger partial charge in [-0.1, -0.05) is 6.07 Å². The van der Waals surface area contributed by atoms with Gasteiger partial charge in [-0.3, -0.25) is 0 Å². The summed E-state index contributed by atoms with van der Waals surface area (Å²) in [5, 5.41) is 7.68. The van der Waals surface area contributed by atoms with Crippen molar-refractivity contribution in [3.05, 3.63) is 39.5 Å². The van der Waals surface area contributed by atoms with E-state index in [-0.39, 0.29) is 24.0 Å². The predicted molar refractivity (Wildman–Crippen MR) is 121 cm³/mol. The maximum absolute atomic E-state index is 5.67. The molecule has 0 unspecified atom stereocenters. The normalized spacial score (nSPS) is 13.8. The topological polar surface area (TPSA) is 71.4 Å². The number of thiazole rings is 1. The number of hydrogen-bond acceptors (Lipinski definition) is 5. The number of aliphatic imine (C=N–C) groups is 1. The lowest BCUT2D eigenvalue weighted by atomic mass is 10.3. The molecule has 0 amide bonds. The highest BCUT2D eigenvalue weighted by Crippen LogP contribution is 2.29. The monoisotopic (exact) mass is 501 g/mol. The first-order valence-electron chi connectivity index (χ1n) is 9.17. The van der Waals surface area contributed by atoms with E-state index < -0.39 is 0 Å². The molecule has 1 aliphatic carbocycles. The van der Waals surface area contributed by atoms with Crippen LogP contribution >= 0.6 is 35.3 Å². The molecular weight excluding hydrogens is 473 g/mol. The fraction of sp³-hybridized carbons (Fsp3) is 0.526. The molecule has 0 atom stereocenters. The largest absolute Gasteiger partial charge is 0.477 e. The van der Waals surface area contributed by atoms with Crippen molar-refractivity contribution < 1.29 is 4.74 Å². The molecule has 0 aliphatic heterocycles. The average Bonchev–Trinajstić information content (AvgIpc) is 3.41. The van der Waals surface area contributed by atoms with Crippen LogP contribution in [0.5, 0.6) is 5.88 Å². The predicted octanol–water partition coefficient (Wildman–Crippen LogP) is 3.82. The Morgan fingerprint density at radius 2 is 2.11 bits per heavy atom. The van der Waals surface area contributed by atoms with Gasteiger partial charge < -0.3 is 15.4 Å². The molecule has 2 aromatic rings. The lowest BCUT2D eigenvalue weighted by molar-refractivity contribution is 0.288. The van der Waals surface area contributed by atoms with E-state index in [1.807, 2.05) is 25.3 Å².